The van der Waals surface area contributed by atoms with Gasteiger partial charge in [-0.25, -0.2) is 4.39 Å². The third kappa shape index (κ3) is 3.34. The first kappa shape index (κ1) is 14.0. The van der Waals surface area contributed by atoms with E-state index in [0.29, 0.717) is 16.9 Å². The molecule has 2 aromatic rings. The first-order valence-corrected chi connectivity index (χ1v) is 6.19. The Bertz CT molecular complexity index is 647. The van der Waals surface area contributed by atoms with E-state index in [1.54, 1.807) is 31.2 Å². The van der Waals surface area contributed by atoms with Crippen LogP contribution in [0.25, 0.3) is 0 Å². The largest absolute Gasteiger partial charge is 0.489 e. The van der Waals surface area contributed by atoms with Gasteiger partial charge in [-0.05, 0) is 36.8 Å². The minimum absolute atomic E-state index is 0.135. The van der Waals surface area contributed by atoms with E-state index in [0.717, 1.165) is 0 Å². The Hall–Kier alpha value is -2.38. The normalized spacial score (nSPS) is 11.7. The van der Waals surface area contributed by atoms with Crippen molar-refractivity contribution in [2.45, 2.75) is 19.6 Å². The van der Waals surface area contributed by atoms with Crippen LogP contribution in [-0.2, 0) is 6.61 Å². The highest BCUT2D eigenvalue weighted by atomic mass is 19.1. The summed E-state index contributed by atoms with van der Waals surface area (Å²) in [4.78, 5) is 0. The lowest BCUT2D eigenvalue weighted by Crippen LogP contribution is -2.01. The molecule has 0 bridgehead atoms. The highest BCUT2D eigenvalue weighted by Gasteiger charge is 2.09. The van der Waals surface area contributed by atoms with E-state index in [9.17, 15) is 9.50 Å². The summed E-state index contributed by atoms with van der Waals surface area (Å²) < 4.78 is 18.9. The molecule has 3 nitrogen and oxygen atoms in total. The minimum Gasteiger partial charge on any atom is -0.489 e. The number of aliphatic hydroxyl groups is 1. The number of ether oxygens (including phenoxy) is 1. The van der Waals surface area contributed by atoms with Crippen molar-refractivity contribution >= 4 is 0 Å². The number of benzene rings is 2. The molecular formula is C16H14FNO2. The van der Waals surface area contributed by atoms with Crippen molar-refractivity contribution in [2.75, 3.05) is 0 Å². The van der Waals surface area contributed by atoms with E-state index >= 15 is 0 Å². The first-order chi connectivity index (χ1) is 9.60. The SMILES string of the molecule is C[C@@H](O)c1ccccc1OCc1cc(F)cc(C#N)c1. The number of nitrogens with zero attached hydrogens (tertiary/aromatic N) is 1. The predicted molar refractivity (Wildman–Crippen MR) is 72.5 cm³/mol. The zero-order valence-electron chi connectivity index (χ0n) is 11.0. The highest BCUT2D eigenvalue weighted by molar-refractivity contribution is 5.36. The smallest absolute Gasteiger partial charge is 0.125 e. The van der Waals surface area contributed by atoms with Gasteiger partial charge in [0, 0.05) is 5.56 Å². The van der Waals surface area contributed by atoms with Crippen LogP contribution in [0.5, 0.6) is 5.75 Å². The van der Waals surface area contributed by atoms with Gasteiger partial charge in [-0.15, -0.1) is 0 Å². The van der Waals surface area contributed by atoms with Gasteiger partial charge in [-0.3, -0.25) is 0 Å². The molecule has 4 heteroatoms. The highest BCUT2D eigenvalue weighted by Crippen LogP contribution is 2.25. The summed E-state index contributed by atoms with van der Waals surface area (Å²) >= 11 is 0. The van der Waals surface area contributed by atoms with Crippen LogP contribution < -0.4 is 4.74 Å². The monoisotopic (exact) mass is 271 g/mol. The maximum absolute atomic E-state index is 13.3. The van der Waals surface area contributed by atoms with Crippen molar-refractivity contribution < 1.29 is 14.2 Å². The third-order valence-electron chi connectivity index (χ3n) is 2.85. The molecule has 1 atom stereocenters. The number of para-hydroxylation sites is 1. The fourth-order valence-electron chi connectivity index (χ4n) is 1.92. The van der Waals surface area contributed by atoms with E-state index in [-0.39, 0.29) is 12.2 Å². The number of aliphatic hydroxyl groups excluding tert-OH is 1. The van der Waals surface area contributed by atoms with Crippen LogP contribution in [0.3, 0.4) is 0 Å². The second kappa shape index (κ2) is 6.18. The molecule has 2 rings (SSSR count). The average Bonchev–Trinajstić information content (AvgIpc) is 2.44. The molecule has 0 fully saturated rings. The van der Waals surface area contributed by atoms with Crippen molar-refractivity contribution in [2.24, 2.45) is 0 Å². The second-order valence-electron chi connectivity index (χ2n) is 4.46. The molecule has 2 aromatic carbocycles. The maximum Gasteiger partial charge on any atom is 0.125 e. The quantitative estimate of drug-likeness (QED) is 0.928. The van der Waals surface area contributed by atoms with Gasteiger partial charge in [-0.1, -0.05) is 18.2 Å². The Kier molecular flexibility index (Phi) is 4.34. The summed E-state index contributed by atoms with van der Waals surface area (Å²) in [5.41, 5.74) is 1.50. The molecule has 0 heterocycles. The summed E-state index contributed by atoms with van der Waals surface area (Å²) in [5, 5.41) is 18.4. The molecule has 0 unspecified atom stereocenters. The Morgan fingerprint density at radius 1 is 1.30 bits per heavy atom. The molecule has 0 radical (unpaired) electrons. The minimum atomic E-state index is -0.645. The van der Waals surface area contributed by atoms with Gasteiger partial charge >= 0.3 is 0 Å². The topological polar surface area (TPSA) is 53.2 Å². The number of halogens is 1. The predicted octanol–water partition coefficient (Wildman–Crippen LogP) is 3.33. The van der Waals surface area contributed by atoms with Gasteiger partial charge in [0.05, 0.1) is 17.7 Å². The van der Waals surface area contributed by atoms with Crippen molar-refractivity contribution in [1.82, 2.24) is 0 Å². The number of hydrogen-bond donors (Lipinski definition) is 1. The van der Waals surface area contributed by atoms with Crippen LogP contribution in [0.15, 0.2) is 42.5 Å². The molecular weight excluding hydrogens is 257 g/mol. The lowest BCUT2D eigenvalue weighted by atomic mass is 10.1. The molecule has 0 aromatic heterocycles. The number of nitriles is 1. The summed E-state index contributed by atoms with van der Waals surface area (Å²) in [6, 6.07) is 13.1. The summed E-state index contributed by atoms with van der Waals surface area (Å²) in [6.07, 6.45) is -0.645. The van der Waals surface area contributed by atoms with Gasteiger partial charge in [0.1, 0.15) is 18.2 Å². The van der Waals surface area contributed by atoms with Crippen molar-refractivity contribution in [3.8, 4) is 11.8 Å². The molecule has 102 valence electrons. The molecule has 0 aliphatic heterocycles. The van der Waals surface area contributed by atoms with E-state index in [2.05, 4.69) is 0 Å². The molecule has 1 N–H and O–H groups in total. The molecule has 0 spiro atoms. The second-order valence-corrected chi connectivity index (χ2v) is 4.46. The lowest BCUT2D eigenvalue weighted by Gasteiger charge is -2.13. The zero-order valence-corrected chi connectivity index (χ0v) is 11.0. The van der Waals surface area contributed by atoms with E-state index in [4.69, 9.17) is 10.00 Å². The standard InChI is InChI=1S/C16H14FNO2/c1-11(19)15-4-2-3-5-16(15)20-10-13-6-12(9-18)7-14(17)8-13/h2-8,11,19H,10H2,1H3/t11-/m1/s1. The Morgan fingerprint density at radius 2 is 2.05 bits per heavy atom. The van der Waals surface area contributed by atoms with Crippen molar-refractivity contribution in [3.63, 3.8) is 0 Å². The Labute approximate surface area is 116 Å². The van der Waals surface area contributed by atoms with Crippen LogP contribution in [0.1, 0.15) is 29.7 Å². The lowest BCUT2D eigenvalue weighted by molar-refractivity contribution is 0.190. The van der Waals surface area contributed by atoms with Crippen molar-refractivity contribution in [3.05, 3.63) is 65.0 Å². The molecule has 0 aliphatic carbocycles. The number of hydrogen-bond acceptors (Lipinski definition) is 3. The summed E-state index contributed by atoms with van der Waals surface area (Å²) in [5.74, 6) is 0.0803. The van der Waals surface area contributed by atoms with Gasteiger partial charge in [0.15, 0.2) is 0 Å². The first-order valence-electron chi connectivity index (χ1n) is 6.19. The molecule has 0 saturated heterocycles. The summed E-state index contributed by atoms with van der Waals surface area (Å²) in [7, 11) is 0. The van der Waals surface area contributed by atoms with E-state index < -0.39 is 11.9 Å². The Morgan fingerprint density at radius 3 is 2.75 bits per heavy atom. The van der Waals surface area contributed by atoms with Gasteiger partial charge in [-0.2, -0.15) is 5.26 Å². The van der Waals surface area contributed by atoms with Crippen LogP contribution >= 0.6 is 0 Å². The molecule has 0 aliphatic rings. The van der Waals surface area contributed by atoms with Gasteiger partial charge in [0.2, 0.25) is 0 Å². The van der Waals surface area contributed by atoms with Crippen molar-refractivity contribution in [1.29, 1.82) is 5.26 Å². The maximum atomic E-state index is 13.3. The van der Waals surface area contributed by atoms with Crippen LogP contribution in [0.4, 0.5) is 4.39 Å². The number of rotatable bonds is 4. The van der Waals surface area contributed by atoms with E-state index in [1.165, 1.54) is 12.1 Å². The molecule has 0 saturated carbocycles. The van der Waals surface area contributed by atoms with E-state index in [1.807, 2.05) is 12.1 Å². The van der Waals surface area contributed by atoms with Gasteiger partial charge in [0.25, 0.3) is 0 Å². The fraction of sp³-hybridized carbons (Fsp3) is 0.188. The molecule has 20 heavy (non-hydrogen) atoms. The van der Waals surface area contributed by atoms with Crippen LogP contribution in [0.2, 0.25) is 0 Å². The fourth-order valence-corrected chi connectivity index (χ4v) is 1.92. The average molecular weight is 271 g/mol. The third-order valence-corrected chi connectivity index (χ3v) is 2.85. The van der Waals surface area contributed by atoms with Crippen LogP contribution in [0, 0.1) is 17.1 Å². The van der Waals surface area contributed by atoms with Crippen LogP contribution in [-0.4, -0.2) is 5.11 Å². The molecule has 0 amide bonds. The summed E-state index contributed by atoms with van der Waals surface area (Å²) in [6.45, 7) is 1.79. The Balaban J connectivity index is 2.17. The zero-order chi connectivity index (χ0) is 14.5. The van der Waals surface area contributed by atoms with Gasteiger partial charge < -0.3 is 9.84 Å².